The van der Waals surface area contributed by atoms with Crippen LogP contribution in [0, 0.1) is 6.92 Å². The lowest BCUT2D eigenvalue weighted by atomic mass is 10.1. The summed E-state index contributed by atoms with van der Waals surface area (Å²) >= 11 is 1.53. The summed E-state index contributed by atoms with van der Waals surface area (Å²) in [6.07, 6.45) is 0. The average molecular weight is 306 g/mol. The van der Waals surface area contributed by atoms with Crippen molar-refractivity contribution in [1.82, 2.24) is 10.6 Å². The Morgan fingerprint density at radius 3 is 2.86 bits per heavy atom. The summed E-state index contributed by atoms with van der Waals surface area (Å²) in [5.41, 5.74) is 1.02. The van der Waals surface area contributed by atoms with Crippen molar-refractivity contribution in [2.45, 2.75) is 26.8 Å². The van der Waals surface area contributed by atoms with Gasteiger partial charge >= 0.3 is 0 Å². The van der Waals surface area contributed by atoms with Crippen LogP contribution in [0.15, 0.2) is 18.2 Å². The third-order valence-electron chi connectivity index (χ3n) is 3.47. The second-order valence-electron chi connectivity index (χ2n) is 5.09. The Bertz CT molecular complexity index is 636. The standard InChI is InChI=1S/C16H22N2O2S/c1-5-17-10(2)9-18-16(19)15-11(3)13-8-12(20-4)6-7-14(13)21-15/h6-8,10,17H,5,9H2,1-4H3,(H,18,19)/t10-/m1/s1. The molecule has 2 aromatic rings. The van der Waals surface area contributed by atoms with Crippen molar-refractivity contribution in [3.05, 3.63) is 28.6 Å². The lowest BCUT2D eigenvalue weighted by Gasteiger charge is -2.12. The van der Waals surface area contributed by atoms with Crippen molar-refractivity contribution in [1.29, 1.82) is 0 Å². The van der Waals surface area contributed by atoms with Crippen LogP contribution >= 0.6 is 11.3 Å². The molecular formula is C16H22N2O2S. The molecule has 21 heavy (non-hydrogen) atoms. The average Bonchev–Trinajstić information content (AvgIpc) is 2.82. The number of carbonyl (C=O) groups excluding carboxylic acids is 1. The van der Waals surface area contributed by atoms with Crippen LogP contribution in [0.5, 0.6) is 5.75 Å². The van der Waals surface area contributed by atoms with E-state index in [0.29, 0.717) is 6.54 Å². The number of methoxy groups -OCH3 is 1. The molecule has 1 aromatic carbocycles. The number of thiophene rings is 1. The quantitative estimate of drug-likeness (QED) is 0.862. The molecule has 2 rings (SSSR count). The Kier molecular flexibility index (Phi) is 5.20. The summed E-state index contributed by atoms with van der Waals surface area (Å²) in [4.78, 5) is 13.1. The molecule has 0 bridgehead atoms. The van der Waals surface area contributed by atoms with E-state index in [9.17, 15) is 4.79 Å². The van der Waals surface area contributed by atoms with E-state index in [1.54, 1.807) is 7.11 Å². The highest BCUT2D eigenvalue weighted by atomic mass is 32.1. The molecule has 4 nitrogen and oxygen atoms in total. The van der Waals surface area contributed by atoms with Crippen LogP contribution in [0.2, 0.25) is 0 Å². The zero-order valence-electron chi connectivity index (χ0n) is 12.9. The predicted octanol–water partition coefficient (Wildman–Crippen LogP) is 2.95. The molecule has 0 radical (unpaired) electrons. The normalized spacial score (nSPS) is 12.4. The molecule has 0 saturated heterocycles. The Morgan fingerprint density at radius 1 is 1.43 bits per heavy atom. The van der Waals surface area contributed by atoms with Gasteiger partial charge < -0.3 is 15.4 Å². The lowest BCUT2D eigenvalue weighted by Crippen LogP contribution is -2.38. The third kappa shape index (κ3) is 3.54. The van der Waals surface area contributed by atoms with Crippen LogP contribution in [0.3, 0.4) is 0 Å². The predicted molar refractivity (Wildman–Crippen MR) is 88.6 cm³/mol. The first-order valence-electron chi connectivity index (χ1n) is 7.15. The largest absolute Gasteiger partial charge is 0.497 e. The highest BCUT2D eigenvalue weighted by Gasteiger charge is 2.16. The van der Waals surface area contributed by atoms with Gasteiger partial charge in [-0.1, -0.05) is 6.92 Å². The summed E-state index contributed by atoms with van der Waals surface area (Å²) in [5, 5.41) is 7.36. The maximum absolute atomic E-state index is 12.3. The van der Waals surface area contributed by atoms with Crippen LogP contribution in [0.4, 0.5) is 0 Å². The zero-order valence-corrected chi connectivity index (χ0v) is 13.8. The monoisotopic (exact) mass is 306 g/mol. The molecule has 5 heteroatoms. The van der Waals surface area contributed by atoms with Crippen molar-refractivity contribution in [3.8, 4) is 5.75 Å². The molecule has 0 saturated carbocycles. The minimum atomic E-state index is -0.00239. The molecule has 1 amide bonds. The fraction of sp³-hybridized carbons (Fsp3) is 0.438. The van der Waals surface area contributed by atoms with Gasteiger partial charge in [-0.25, -0.2) is 0 Å². The fourth-order valence-corrected chi connectivity index (χ4v) is 3.40. The minimum Gasteiger partial charge on any atom is -0.497 e. The van der Waals surface area contributed by atoms with E-state index < -0.39 is 0 Å². The number of fused-ring (bicyclic) bond motifs is 1. The number of hydrogen-bond donors (Lipinski definition) is 2. The molecule has 0 aliphatic carbocycles. The minimum absolute atomic E-state index is 0.00239. The smallest absolute Gasteiger partial charge is 0.261 e. The van der Waals surface area contributed by atoms with Crippen LogP contribution < -0.4 is 15.4 Å². The molecule has 1 aromatic heterocycles. The number of ether oxygens (including phenoxy) is 1. The maximum Gasteiger partial charge on any atom is 0.261 e. The number of amides is 1. The van der Waals surface area contributed by atoms with Crippen LogP contribution in [-0.2, 0) is 0 Å². The Hall–Kier alpha value is -1.59. The fourth-order valence-electron chi connectivity index (χ4n) is 2.29. The van der Waals surface area contributed by atoms with Gasteiger partial charge in [-0.05, 0) is 49.5 Å². The molecule has 2 N–H and O–H groups in total. The van der Waals surface area contributed by atoms with Crippen LogP contribution in [0.25, 0.3) is 10.1 Å². The topological polar surface area (TPSA) is 50.4 Å². The zero-order chi connectivity index (χ0) is 15.4. The highest BCUT2D eigenvalue weighted by Crippen LogP contribution is 2.33. The van der Waals surface area contributed by atoms with Crippen molar-refractivity contribution in [2.24, 2.45) is 0 Å². The number of benzene rings is 1. The van der Waals surface area contributed by atoms with Crippen LogP contribution in [-0.4, -0.2) is 32.1 Å². The molecule has 0 spiro atoms. The second kappa shape index (κ2) is 6.91. The summed E-state index contributed by atoms with van der Waals surface area (Å²) in [6.45, 7) is 7.64. The van der Waals surface area contributed by atoms with E-state index in [4.69, 9.17) is 4.74 Å². The summed E-state index contributed by atoms with van der Waals surface area (Å²) < 4.78 is 6.36. The van der Waals surface area contributed by atoms with Crippen molar-refractivity contribution in [2.75, 3.05) is 20.2 Å². The van der Waals surface area contributed by atoms with E-state index in [-0.39, 0.29) is 11.9 Å². The third-order valence-corrected chi connectivity index (χ3v) is 4.74. The highest BCUT2D eigenvalue weighted by molar-refractivity contribution is 7.21. The lowest BCUT2D eigenvalue weighted by molar-refractivity contribution is 0.0954. The Balaban J connectivity index is 2.18. The van der Waals surface area contributed by atoms with Crippen molar-refractivity contribution in [3.63, 3.8) is 0 Å². The number of aryl methyl sites for hydroxylation is 1. The van der Waals surface area contributed by atoms with E-state index in [1.807, 2.05) is 25.1 Å². The molecule has 1 heterocycles. The molecule has 0 aliphatic rings. The van der Waals surface area contributed by atoms with E-state index in [2.05, 4.69) is 24.5 Å². The molecule has 1 atom stereocenters. The number of carbonyl (C=O) groups is 1. The van der Waals surface area contributed by atoms with Gasteiger partial charge in [0.2, 0.25) is 0 Å². The van der Waals surface area contributed by atoms with Gasteiger partial charge in [-0.2, -0.15) is 0 Å². The van der Waals surface area contributed by atoms with Gasteiger partial charge in [0, 0.05) is 17.3 Å². The van der Waals surface area contributed by atoms with Crippen molar-refractivity contribution < 1.29 is 9.53 Å². The van der Waals surface area contributed by atoms with Gasteiger partial charge in [0.1, 0.15) is 5.75 Å². The van der Waals surface area contributed by atoms with Gasteiger partial charge in [0.05, 0.1) is 12.0 Å². The molecule has 0 fully saturated rings. The Labute approximate surface area is 129 Å². The molecule has 114 valence electrons. The van der Waals surface area contributed by atoms with Gasteiger partial charge in [0.15, 0.2) is 0 Å². The second-order valence-corrected chi connectivity index (χ2v) is 6.14. The molecule has 0 aliphatic heterocycles. The van der Waals surface area contributed by atoms with E-state index in [1.165, 1.54) is 11.3 Å². The summed E-state index contributed by atoms with van der Waals surface area (Å²) in [7, 11) is 1.65. The van der Waals surface area contributed by atoms with E-state index >= 15 is 0 Å². The summed E-state index contributed by atoms with van der Waals surface area (Å²) in [6, 6.07) is 6.18. The number of nitrogens with one attached hydrogen (secondary N) is 2. The van der Waals surface area contributed by atoms with Gasteiger partial charge in [0.25, 0.3) is 5.91 Å². The number of rotatable bonds is 6. The maximum atomic E-state index is 12.3. The van der Waals surface area contributed by atoms with Gasteiger partial charge in [-0.3, -0.25) is 4.79 Å². The van der Waals surface area contributed by atoms with Crippen molar-refractivity contribution >= 4 is 27.3 Å². The van der Waals surface area contributed by atoms with Crippen LogP contribution in [0.1, 0.15) is 29.1 Å². The first-order valence-corrected chi connectivity index (χ1v) is 7.97. The number of hydrogen-bond acceptors (Lipinski definition) is 4. The number of likely N-dealkylation sites (N-methyl/N-ethyl adjacent to an activating group) is 1. The van der Waals surface area contributed by atoms with Gasteiger partial charge in [-0.15, -0.1) is 11.3 Å². The Morgan fingerprint density at radius 2 is 2.19 bits per heavy atom. The first kappa shape index (κ1) is 15.8. The molecular weight excluding hydrogens is 284 g/mol. The summed E-state index contributed by atoms with van der Waals surface area (Å²) in [5.74, 6) is 0.813. The SMILES string of the molecule is CCN[C@H](C)CNC(=O)c1sc2ccc(OC)cc2c1C. The molecule has 0 unspecified atom stereocenters. The first-order chi connectivity index (χ1) is 10.1. The van der Waals surface area contributed by atoms with E-state index in [0.717, 1.165) is 32.8 Å².